The highest BCUT2D eigenvalue weighted by Gasteiger charge is 2.66. The van der Waals surface area contributed by atoms with Crippen molar-refractivity contribution in [2.45, 2.75) is 115 Å². The number of benzene rings is 2. The molecule has 12 nitrogen and oxygen atoms in total. The molecule has 60 heavy (non-hydrogen) atoms. The standard InChI is InChI=1S/C48H66N2O10/c1-4-24-57-48-43(50(20-26-55-27-23-53)47(54)34-15-16-34)31-41(49-60-44-13-7-10-25-56-44)39-29-35(11-5-8-21-51)38(12-6-9-22-52)45(46(39)48)40-30-37(18-19-42(40)59-48)58-36-17-14-32(2)33(3)28-36/h4,14,17-19,28-30,34-35,38,43-46,51-53H,1,5-13,15-16,20-27,31H2,2-3H3/t35-,38+,43-,44?,45+,46+,48+/m0/s1. The lowest BCUT2D eigenvalue weighted by Crippen LogP contribution is -2.70. The van der Waals surface area contributed by atoms with Crippen LogP contribution in [-0.2, 0) is 23.8 Å². The molecule has 0 aromatic heterocycles. The Labute approximate surface area is 355 Å². The van der Waals surface area contributed by atoms with Gasteiger partial charge in [-0.2, -0.15) is 0 Å². The second-order valence-electron chi connectivity index (χ2n) is 17.2. The maximum atomic E-state index is 14.6. The number of aliphatic hydroxyl groups excluding tert-OH is 3. The van der Waals surface area contributed by atoms with Crippen LogP contribution < -0.4 is 9.47 Å². The van der Waals surface area contributed by atoms with Crippen molar-refractivity contribution in [3.8, 4) is 17.2 Å². The second-order valence-corrected chi connectivity index (χ2v) is 17.2. The fourth-order valence-corrected chi connectivity index (χ4v) is 9.86. The molecule has 5 aliphatic rings. The van der Waals surface area contributed by atoms with E-state index in [1.54, 1.807) is 6.08 Å². The number of ether oxygens (including phenoxy) is 5. The molecule has 1 amide bonds. The lowest BCUT2D eigenvalue weighted by atomic mass is 9.55. The van der Waals surface area contributed by atoms with Gasteiger partial charge >= 0.3 is 0 Å². The Kier molecular flexibility index (Phi) is 15.4. The quantitative estimate of drug-likeness (QED) is 0.0619. The predicted molar refractivity (Wildman–Crippen MR) is 228 cm³/mol. The summed E-state index contributed by atoms with van der Waals surface area (Å²) in [5, 5.41) is 34.4. The molecule has 0 spiro atoms. The summed E-state index contributed by atoms with van der Waals surface area (Å²) in [4.78, 5) is 22.8. The fraction of sp³-hybridized carbons (Fsp3) is 0.625. The molecule has 3 aliphatic carbocycles. The second kappa shape index (κ2) is 20.9. The third kappa shape index (κ3) is 9.95. The van der Waals surface area contributed by atoms with Gasteiger partial charge in [-0.3, -0.25) is 4.79 Å². The van der Waals surface area contributed by atoms with Crippen molar-refractivity contribution in [1.29, 1.82) is 0 Å². The van der Waals surface area contributed by atoms with Gasteiger partial charge in [-0.15, -0.1) is 6.58 Å². The molecule has 2 aromatic rings. The van der Waals surface area contributed by atoms with Gasteiger partial charge in [0, 0.05) is 50.0 Å². The van der Waals surface area contributed by atoms with E-state index in [0.29, 0.717) is 37.4 Å². The van der Waals surface area contributed by atoms with E-state index in [0.717, 1.165) is 85.9 Å². The lowest BCUT2D eigenvalue weighted by Gasteiger charge is -2.60. The van der Waals surface area contributed by atoms with Crippen molar-refractivity contribution in [3.05, 3.63) is 77.4 Å². The highest BCUT2D eigenvalue weighted by molar-refractivity contribution is 6.03. The maximum absolute atomic E-state index is 14.6. The largest absolute Gasteiger partial charge is 0.459 e. The molecular weight excluding hydrogens is 765 g/mol. The number of carbonyl (C=O) groups excluding carboxylic acids is 1. The molecule has 2 aromatic carbocycles. The zero-order valence-electron chi connectivity index (χ0n) is 35.6. The Morgan fingerprint density at radius 1 is 0.950 bits per heavy atom. The van der Waals surface area contributed by atoms with Gasteiger partial charge in [0.05, 0.1) is 44.7 Å². The number of hydrogen-bond donors (Lipinski definition) is 3. The number of allylic oxidation sites excluding steroid dienone is 1. The Balaban J connectivity index is 1.42. The molecule has 12 heteroatoms. The summed E-state index contributed by atoms with van der Waals surface area (Å²) < 4.78 is 32.9. The summed E-state index contributed by atoms with van der Waals surface area (Å²) in [5.74, 6) is 0.235. The number of aliphatic hydroxyl groups is 3. The normalized spacial score (nSPS) is 27.6. The van der Waals surface area contributed by atoms with Crippen molar-refractivity contribution in [2.75, 3.05) is 52.8 Å². The maximum Gasteiger partial charge on any atom is 0.239 e. The van der Waals surface area contributed by atoms with E-state index in [-0.39, 0.29) is 75.8 Å². The summed E-state index contributed by atoms with van der Waals surface area (Å²) in [7, 11) is 0. The lowest BCUT2D eigenvalue weighted by molar-refractivity contribution is -0.258. The molecule has 0 bridgehead atoms. The van der Waals surface area contributed by atoms with E-state index in [1.807, 2.05) is 23.1 Å². The minimum absolute atomic E-state index is 0.0257. The van der Waals surface area contributed by atoms with Crippen LogP contribution in [0.25, 0.3) is 0 Å². The molecule has 2 heterocycles. The zero-order chi connectivity index (χ0) is 42.1. The summed E-state index contributed by atoms with van der Waals surface area (Å²) in [6.45, 7) is 9.78. The van der Waals surface area contributed by atoms with Crippen LogP contribution in [0, 0.1) is 37.5 Å². The van der Waals surface area contributed by atoms with E-state index < -0.39 is 24.0 Å². The molecule has 328 valence electrons. The van der Waals surface area contributed by atoms with Gasteiger partial charge < -0.3 is 48.7 Å². The third-order valence-corrected chi connectivity index (χ3v) is 13.1. The molecule has 2 saturated carbocycles. The Bertz CT molecular complexity index is 1820. The summed E-state index contributed by atoms with van der Waals surface area (Å²) >= 11 is 0. The highest BCUT2D eigenvalue weighted by Crippen LogP contribution is 2.62. The van der Waals surface area contributed by atoms with Crippen LogP contribution >= 0.6 is 0 Å². The van der Waals surface area contributed by atoms with Gasteiger partial charge in [0.25, 0.3) is 0 Å². The van der Waals surface area contributed by atoms with Crippen LogP contribution in [0.1, 0.15) is 99.7 Å². The number of nitrogens with zero attached hydrogens (tertiary/aromatic N) is 2. The van der Waals surface area contributed by atoms with Crippen LogP contribution in [0.4, 0.5) is 0 Å². The number of carbonyl (C=O) groups is 1. The van der Waals surface area contributed by atoms with Gasteiger partial charge in [-0.1, -0.05) is 36.2 Å². The summed E-state index contributed by atoms with van der Waals surface area (Å²) in [6.07, 6.45) is 13.0. The van der Waals surface area contributed by atoms with Crippen LogP contribution in [-0.4, -0.2) is 103 Å². The van der Waals surface area contributed by atoms with Crippen molar-refractivity contribution in [1.82, 2.24) is 4.90 Å². The smallest absolute Gasteiger partial charge is 0.239 e. The summed E-state index contributed by atoms with van der Waals surface area (Å²) in [6, 6.07) is 11.5. The number of hydrogen-bond acceptors (Lipinski definition) is 11. The molecule has 0 radical (unpaired) electrons. The van der Waals surface area contributed by atoms with E-state index in [9.17, 15) is 20.1 Å². The van der Waals surface area contributed by atoms with Crippen LogP contribution in [0.2, 0.25) is 0 Å². The minimum Gasteiger partial charge on any atom is -0.459 e. The Morgan fingerprint density at radius 2 is 1.73 bits per heavy atom. The molecular formula is C48H66N2O10. The number of aryl methyl sites for hydroxylation is 2. The minimum atomic E-state index is -1.36. The number of rotatable bonds is 22. The molecule has 7 atom stereocenters. The van der Waals surface area contributed by atoms with Gasteiger partial charge in [0.2, 0.25) is 18.0 Å². The number of amides is 1. The highest BCUT2D eigenvalue weighted by atomic mass is 16.8. The first kappa shape index (κ1) is 44.3. The Morgan fingerprint density at radius 3 is 2.45 bits per heavy atom. The number of unbranched alkanes of at least 4 members (excludes halogenated alkanes) is 2. The molecule has 7 rings (SSSR count). The van der Waals surface area contributed by atoms with Crippen LogP contribution in [0.15, 0.2) is 65.9 Å². The SMILES string of the molecule is C=CCO[C@@]12Oc3ccc(Oc4ccc(C)c(C)c4)cc3[C@H]3[C@H](CCCCO)[C@@H](CCCCO)C=C(C(=NOC4CCCCO4)C[C@@H]1N(CCOCCO)C(=O)C1CC1)[C@H]32. The fourth-order valence-electron chi connectivity index (χ4n) is 9.86. The van der Waals surface area contributed by atoms with Crippen molar-refractivity contribution in [2.24, 2.45) is 28.8 Å². The van der Waals surface area contributed by atoms with Gasteiger partial charge in [0.15, 0.2) is 0 Å². The monoisotopic (exact) mass is 830 g/mol. The Hall–Kier alpha value is -3.78. The first-order chi connectivity index (χ1) is 29.3. The molecule has 3 fully saturated rings. The zero-order valence-corrected chi connectivity index (χ0v) is 35.6. The van der Waals surface area contributed by atoms with Gasteiger partial charge in [-0.05, 0) is 124 Å². The average Bonchev–Trinajstić information content (AvgIpc) is 4.11. The van der Waals surface area contributed by atoms with Crippen molar-refractivity contribution in [3.63, 3.8) is 0 Å². The third-order valence-electron chi connectivity index (χ3n) is 13.1. The predicted octanol–water partition coefficient (Wildman–Crippen LogP) is 7.50. The van der Waals surface area contributed by atoms with Crippen molar-refractivity contribution >= 4 is 11.6 Å². The topological polar surface area (TPSA) is 149 Å². The van der Waals surface area contributed by atoms with Crippen LogP contribution in [0.5, 0.6) is 17.2 Å². The van der Waals surface area contributed by atoms with E-state index in [1.165, 1.54) is 5.56 Å². The van der Waals surface area contributed by atoms with Gasteiger partial charge in [-0.25, -0.2) is 0 Å². The molecule has 2 aliphatic heterocycles. The molecule has 1 unspecified atom stereocenters. The first-order valence-electron chi connectivity index (χ1n) is 22.4. The van der Waals surface area contributed by atoms with E-state index >= 15 is 0 Å². The number of fused-ring (bicyclic) bond motifs is 2. The first-order valence-corrected chi connectivity index (χ1v) is 22.4. The van der Waals surface area contributed by atoms with Crippen molar-refractivity contribution < 1.29 is 48.6 Å². The molecule has 3 N–H and O–H groups in total. The van der Waals surface area contributed by atoms with E-state index in [2.05, 4.69) is 44.7 Å². The van der Waals surface area contributed by atoms with E-state index in [4.69, 9.17) is 33.7 Å². The number of oxime groups is 1. The average molecular weight is 831 g/mol. The van der Waals surface area contributed by atoms with Crippen LogP contribution in [0.3, 0.4) is 0 Å². The van der Waals surface area contributed by atoms with Gasteiger partial charge in [0.1, 0.15) is 23.3 Å². The molecule has 1 saturated heterocycles. The summed E-state index contributed by atoms with van der Waals surface area (Å²) in [5.41, 5.74) is 5.04.